The summed E-state index contributed by atoms with van der Waals surface area (Å²) in [7, 11) is 0. The Morgan fingerprint density at radius 2 is 1.97 bits per heavy atom. The van der Waals surface area contributed by atoms with E-state index in [0.717, 1.165) is 17.0 Å². The van der Waals surface area contributed by atoms with E-state index in [1.54, 1.807) is 35.4 Å². The van der Waals surface area contributed by atoms with E-state index in [4.69, 9.17) is 0 Å². The molecule has 0 aromatic carbocycles. The molecule has 0 radical (unpaired) electrons. The predicted molar refractivity (Wildman–Crippen MR) is 108 cm³/mol. The minimum atomic E-state index is -0.192. The van der Waals surface area contributed by atoms with Gasteiger partial charge in [-0.25, -0.2) is 14.6 Å². The highest BCUT2D eigenvalue weighted by Gasteiger charge is 2.14. The van der Waals surface area contributed by atoms with Crippen molar-refractivity contribution in [2.24, 2.45) is 0 Å². The van der Waals surface area contributed by atoms with Gasteiger partial charge in [-0.15, -0.1) is 0 Å². The zero-order chi connectivity index (χ0) is 20.2. The Balaban J connectivity index is 1.70. The van der Waals surface area contributed by atoms with Crippen LogP contribution in [0.15, 0.2) is 61.1 Å². The van der Waals surface area contributed by atoms with E-state index in [9.17, 15) is 4.79 Å². The van der Waals surface area contributed by atoms with Crippen molar-refractivity contribution in [3.63, 3.8) is 0 Å². The summed E-state index contributed by atoms with van der Waals surface area (Å²) < 4.78 is 1.72. The third-order valence-electron chi connectivity index (χ3n) is 4.19. The molecule has 29 heavy (non-hydrogen) atoms. The number of pyridine rings is 2. The first-order valence-electron chi connectivity index (χ1n) is 9.11. The number of aromatic nitrogens is 6. The zero-order valence-corrected chi connectivity index (χ0v) is 16.1. The Bertz CT molecular complexity index is 1140. The molecule has 0 saturated heterocycles. The second-order valence-electron chi connectivity index (χ2n) is 6.58. The molecule has 0 saturated carbocycles. The van der Waals surface area contributed by atoms with Crippen molar-refractivity contribution in [3.05, 3.63) is 78.0 Å². The number of carbonyl (C=O) groups is 1. The molecule has 4 aromatic rings. The molecule has 0 fully saturated rings. The van der Waals surface area contributed by atoms with Crippen LogP contribution in [0.25, 0.3) is 17.3 Å². The van der Waals surface area contributed by atoms with Crippen molar-refractivity contribution in [2.75, 3.05) is 5.32 Å². The maximum Gasteiger partial charge on any atom is 0.230 e. The van der Waals surface area contributed by atoms with E-state index in [0.29, 0.717) is 23.2 Å². The normalized spacial score (nSPS) is 10.7. The first-order chi connectivity index (χ1) is 14.1. The lowest BCUT2D eigenvalue weighted by Crippen LogP contribution is -2.17. The Hall–Kier alpha value is -3.94. The average molecular weight is 385 g/mol. The van der Waals surface area contributed by atoms with Gasteiger partial charge in [0.05, 0.1) is 12.1 Å². The van der Waals surface area contributed by atoms with Crippen LogP contribution in [0, 0.1) is 13.8 Å². The van der Waals surface area contributed by atoms with Gasteiger partial charge in [0, 0.05) is 30.4 Å². The molecule has 4 rings (SSSR count). The number of hydrogen-bond donors (Lipinski definition) is 1. The molecule has 8 heteroatoms. The van der Waals surface area contributed by atoms with E-state index < -0.39 is 0 Å². The number of aryl methyl sites for hydroxylation is 2. The molecule has 4 aromatic heterocycles. The lowest BCUT2D eigenvalue weighted by atomic mass is 10.2. The number of carbonyl (C=O) groups excluding carboxylic acids is 1. The lowest BCUT2D eigenvalue weighted by Gasteiger charge is -2.10. The molecule has 1 amide bonds. The highest BCUT2D eigenvalue weighted by Crippen LogP contribution is 2.19. The van der Waals surface area contributed by atoms with Crippen molar-refractivity contribution in [1.29, 1.82) is 0 Å². The van der Waals surface area contributed by atoms with Crippen LogP contribution in [-0.4, -0.2) is 35.6 Å². The van der Waals surface area contributed by atoms with Gasteiger partial charge in [0.2, 0.25) is 5.91 Å². The molecule has 0 atom stereocenters. The van der Waals surface area contributed by atoms with E-state index in [1.165, 1.54) is 0 Å². The van der Waals surface area contributed by atoms with Crippen molar-refractivity contribution in [2.45, 2.75) is 20.3 Å². The summed E-state index contributed by atoms with van der Waals surface area (Å²) in [6, 6.07) is 12.8. The van der Waals surface area contributed by atoms with Crippen molar-refractivity contribution in [3.8, 4) is 17.3 Å². The molecular weight excluding hydrogens is 366 g/mol. The monoisotopic (exact) mass is 385 g/mol. The summed E-state index contributed by atoms with van der Waals surface area (Å²) >= 11 is 0. The highest BCUT2D eigenvalue weighted by molar-refractivity contribution is 5.91. The molecule has 0 unspecified atom stereocenters. The number of nitrogens with zero attached hydrogens (tertiary/aromatic N) is 6. The second-order valence-corrected chi connectivity index (χ2v) is 6.58. The van der Waals surface area contributed by atoms with Crippen LogP contribution in [0.5, 0.6) is 0 Å². The Kier molecular flexibility index (Phi) is 5.07. The van der Waals surface area contributed by atoms with Crippen LogP contribution in [0.2, 0.25) is 0 Å². The summed E-state index contributed by atoms with van der Waals surface area (Å²) in [5.41, 5.74) is 3.24. The van der Waals surface area contributed by atoms with Crippen LogP contribution in [-0.2, 0) is 11.2 Å². The molecule has 8 nitrogen and oxygen atoms in total. The van der Waals surface area contributed by atoms with Crippen molar-refractivity contribution in [1.82, 2.24) is 29.7 Å². The van der Waals surface area contributed by atoms with Crippen LogP contribution >= 0.6 is 0 Å². The summed E-state index contributed by atoms with van der Waals surface area (Å²) in [4.78, 5) is 30.0. The fourth-order valence-corrected chi connectivity index (χ4v) is 2.95. The third kappa shape index (κ3) is 4.32. The summed E-state index contributed by atoms with van der Waals surface area (Å²) in [5, 5.41) is 7.34. The topological polar surface area (TPSA) is 98.5 Å². The molecule has 0 spiro atoms. The van der Waals surface area contributed by atoms with Gasteiger partial charge < -0.3 is 5.32 Å². The summed E-state index contributed by atoms with van der Waals surface area (Å²) in [5.74, 6) is 1.16. The standard InChI is InChI=1S/C21H19N7O/c1-14-10-15(2)28(27-14)19-12-18(24-20(29)11-16-6-5-8-22-13-16)25-21(26-19)17-7-3-4-9-23-17/h3-10,12-13H,11H2,1-2H3,(H,24,25,26,29). The zero-order valence-electron chi connectivity index (χ0n) is 16.1. The van der Waals surface area contributed by atoms with Gasteiger partial charge in [-0.1, -0.05) is 12.1 Å². The van der Waals surface area contributed by atoms with Crippen LogP contribution in [0.4, 0.5) is 5.82 Å². The fraction of sp³-hybridized carbons (Fsp3) is 0.143. The molecule has 0 aliphatic heterocycles. The molecular formula is C21H19N7O. The van der Waals surface area contributed by atoms with Gasteiger partial charge in [-0.05, 0) is 43.7 Å². The summed E-state index contributed by atoms with van der Waals surface area (Å²) in [6.07, 6.45) is 5.22. The first-order valence-corrected chi connectivity index (χ1v) is 9.11. The van der Waals surface area contributed by atoms with E-state index in [1.807, 2.05) is 44.2 Å². The minimum Gasteiger partial charge on any atom is -0.310 e. The Morgan fingerprint density at radius 3 is 2.66 bits per heavy atom. The van der Waals surface area contributed by atoms with Gasteiger partial charge in [0.15, 0.2) is 11.6 Å². The minimum absolute atomic E-state index is 0.192. The summed E-state index contributed by atoms with van der Waals surface area (Å²) in [6.45, 7) is 3.87. The molecule has 0 aliphatic rings. The van der Waals surface area contributed by atoms with Gasteiger partial charge in [0.25, 0.3) is 0 Å². The first kappa shape index (κ1) is 18.4. The van der Waals surface area contributed by atoms with Gasteiger partial charge >= 0.3 is 0 Å². The molecule has 0 bridgehead atoms. The SMILES string of the molecule is Cc1cc(C)n(-c2cc(NC(=O)Cc3cccnc3)nc(-c3ccccn3)n2)n1. The maximum atomic E-state index is 12.5. The highest BCUT2D eigenvalue weighted by atomic mass is 16.1. The number of hydrogen-bond acceptors (Lipinski definition) is 6. The van der Waals surface area contributed by atoms with E-state index in [2.05, 4.69) is 30.4 Å². The van der Waals surface area contributed by atoms with Crippen LogP contribution in [0.3, 0.4) is 0 Å². The number of anilines is 1. The van der Waals surface area contributed by atoms with Gasteiger partial charge in [0.1, 0.15) is 11.5 Å². The van der Waals surface area contributed by atoms with Crippen molar-refractivity contribution < 1.29 is 4.79 Å². The largest absolute Gasteiger partial charge is 0.310 e. The van der Waals surface area contributed by atoms with Gasteiger partial charge in [-0.3, -0.25) is 14.8 Å². The van der Waals surface area contributed by atoms with Crippen molar-refractivity contribution >= 4 is 11.7 Å². The maximum absolute atomic E-state index is 12.5. The smallest absolute Gasteiger partial charge is 0.230 e. The third-order valence-corrected chi connectivity index (χ3v) is 4.19. The van der Waals surface area contributed by atoms with E-state index in [-0.39, 0.29) is 12.3 Å². The van der Waals surface area contributed by atoms with Crippen LogP contribution in [0.1, 0.15) is 17.0 Å². The fourth-order valence-electron chi connectivity index (χ4n) is 2.95. The lowest BCUT2D eigenvalue weighted by molar-refractivity contribution is -0.115. The quantitative estimate of drug-likeness (QED) is 0.567. The molecule has 0 aliphatic carbocycles. The Labute approximate surface area is 167 Å². The average Bonchev–Trinajstić information content (AvgIpc) is 3.07. The Morgan fingerprint density at radius 1 is 1.07 bits per heavy atom. The molecule has 4 heterocycles. The predicted octanol–water partition coefficient (Wildman–Crippen LogP) is 2.92. The second kappa shape index (κ2) is 7.97. The molecule has 144 valence electrons. The van der Waals surface area contributed by atoms with Gasteiger partial charge in [-0.2, -0.15) is 5.10 Å². The number of nitrogens with one attached hydrogen (secondary N) is 1. The number of amides is 1. The number of rotatable bonds is 5. The van der Waals surface area contributed by atoms with Crippen LogP contribution < -0.4 is 5.32 Å². The molecule has 1 N–H and O–H groups in total. The van der Waals surface area contributed by atoms with E-state index >= 15 is 0 Å².